The third-order valence-electron chi connectivity index (χ3n) is 4.67. The first-order valence-corrected chi connectivity index (χ1v) is 9.80. The van der Waals surface area contributed by atoms with Gasteiger partial charge in [-0.05, 0) is 56.0 Å². The molecule has 6 nitrogen and oxygen atoms in total. The summed E-state index contributed by atoms with van der Waals surface area (Å²) in [6.07, 6.45) is 3.33. The second-order valence-corrected chi connectivity index (χ2v) is 8.32. The van der Waals surface area contributed by atoms with Crippen LogP contribution in [0.15, 0.2) is 47.5 Å². The summed E-state index contributed by atoms with van der Waals surface area (Å²) in [5.74, 6) is 0. The van der Waals surface area contributed by atoms with Gasteiger partial charge >= 0.3 is 0 Å². The van der Waals surface area contributed by atoms with Crippen molar-refractivity contribution in [3.63, 3.8) is 0 Å². The number of sulfonamides is 1. The lowest BCUT2D eigenvalue weighted by atomic mass is 10.1. The number of hydrogen-bond acceptors (Lipinski definition) is 5. The fourth-order valence-corrected chi connectivity index (χ4v) is 4.35. The molecule has 0 amide bonds. The highest BCUT2D eigenvalue weighted by atomic mass is 32.2. The number of hydrogen-bond donors (Lipinski definition) is 2. The summed E-state index contributed by atoms with van der Waals surface area (Å²) < 4.78 is 27.3. The lowest BCUT2D eigenvalue weighted by molar-refractivity contribution is 0.192. The van der Waals surface area contributed by atoms with E-state index in [0.717, 1.165) is 18.4 Å². The molecule has 0 saturated heterocycles. The zero-order valence-corrected chi connectivity index (χ0v) is 15.2. The summed E-state index contributed by atoms with van der Waals surface area (Å²) >= 11 is 0. The predicted molar refractivity (Wildman–Crippen MR) is 96.6 cm³/mol. The van der Waals surface area contributed by atoms with E-state index in [-0.39, 0.29) is 10.9 Å². The molecule has 7 heteroatoms. The van der Waals surface area contributed by atoms with Crippen LogP contribution < -0.4 is 5.32 Å². The minimum absolute atomic E-state index is 0.207. The number of aliphatic hydroxyl groups excluding tert-OH is 1. The van der Waals surface area contributed by atoms with Crippen LogP contribution in [0.3, 0.4) is 0 Å². The molecule has 2 N–H and O–H groups in total. The van der Waals surface area contributed by atoms with E-state index < -0.39 is 16.3 Å². The van der Waals surface area contributed by atoms with Gasteiger partial charge in [-0.1, -0.05) is 12.1 Å². The van der Waals surface area contributed by atoms with Gasteiger partial charge in [0.25, 0.3) is 0 Å². The Labute approximate surface area is 148 Å². The Hall–Kier alpha value is -1.96. The largest absolute Gasteiger partial charge is 0.374 e. The first-order chi connectivity index (χ1) is 11.9. The van der Waals surface area contributed by atoms with E-state index in [4.69, 9.17) is 0 Å². The SMILES string of the molecule is CC(c1ccccn1)N(C)S(=O)(=O)c1ccc2c(c1)NC(O)CCC2. The van der Waals surface area contributed by atoms with Gasteiger partial charge in [-0.2, -0.15) is 4.31 Å². The van der Waals surface area contributed by atoms with Gasteiger partial charge in [-0.15, -0.1) is 0 Å². The van der Waals surface area contributed by atoms with E-state index >= 15 is 0 Å². The third-order valence-corrected chi connectivity index (χ3v) is 6.59. The van der Waals surface area contributed by atoms with Crippen molar-refractivity contribution in [2.24, 2.45) is 0 Å². The Morgan fingerprint density at radius 2 is 2.12 bits per heavy atom. The van der Waals surface area contributed by atoms with Gasteiger partial charge in [0.05, 0.1) is 16.6 Å². The summed E-state index contributed by atoms with van der Waals surface area (Å²) in [7, 11) is -2.12. The van der Waals surface area contributed by atoms with Crippen LogP contribution in [-0.4, -0.2) is 36.1 Å². The zero-order valence-electron chi connectivity index (χ0n) is 14.4. The molecule has 134 valence electrons. The molecule has 3 rings (SSSR count). The molecule has 1 aliphatic heterocycles. The summed E-state index contributed by atoms with van der Waals surface area (Å²) in [5, 5.41) is 12.9. The minimum Gasteiger partial charge on any atom is -0.374 e. The average molecular weight is 361 g/mol. The van der Waals surface area contributed by atoms with Crippen molar-refractivity contribution in [1.29, 1.82) is 0 Å². The maximum absolute atomic E-state index is 13.0. The standard InChI is InChI=1S/C18H23N3O3S/c1-13(16-7-3-4-11-19-16)21(2)25(23,24)15-10-9-14-6-5-8-18(22)20-17(14)12-15/h3-4,7,9-13,18,20,22H,5-6,8H2,1-2H3. The molecular formula is C18H23N3O3S. The number of fused-ring (bicyclic) bond motifs is 1. The molecule has 0 radical (unpaired) electrons. The van der Waals surface area contributed by atoms with Crippen molar-refractivity contribution < 1.29 is 13.5 Å². The molecule has 0 aliphatic carbocycles. The maximum Gasteiger partial charge on any atom is 0.243 e. The Morgan fingerprint density at radius 3 is 2.84 bits per heavy atom. The van der Waals surface area contributed by atoms with Gasteiger partial charge in [0, 0.05) is 18.9 Å². The molecule has 2 atom stereocenters. The number of pyridine rings is 1. The molecular weight excluding hydrogens is 338 g/mol. The maximum atomic E-state index is 13.0. The molecule has 0 bridgehead atoms. The highest BCUT2D eigenvalue weighted by molar-refractivity contribution is 7.89. The summed E-state index contributed by atoms with van der Waals surface area (Å²) in [6, 6.07) is 10.1. The van der Waals surface area contributed by atoms with Crippen LogP contribution in [0, 0.1) is 0 Å². The molecule has 1 aromatic heterocycles. The number of anilines is 1. The minimum atomic E-state index is -3.68. The highest BCUT2D eigenvalue weighted by Crippen LogP contribution is 2.30. The van der Waals surface area contributed by atoms with Gasteiger partial charge < -0.3 is 10.4 Å². The lowest BCUT2D eigenvalue weighted by Gasteiger charge is -2.24. The van der Waals surface area contributed by atoms with E-state index in [1.807, 2.05) is 25.1 Å². The molecule has 2 aromatic rings. The fraction of sp³-hybridized carbons (Fsp3) is 0.389. The number of rotatable bonds is 4. The van der Waals surface area contributed by atoms with Gasteiger partial charge in [-0.25, -0.2) is 8.42 Å². The molecule has 2 unspecified atom stereocenters. The lowest BCUT2D eigenvalue weighted by Crippen LogP contribution is -2.30. The van der Waals surface area contributed by atoms with Crippen molar-refractivity contribution in [2.45, 2.75) is 43.4 Å². The Morgan fingerprint density at radius 1 is 1.32 bits per heavy atom. The molecule has 1 aliphatic rings. The molecule has 0 spiro atoms. The summed E-state index contributed by atoms with van der Waals surface area (Å²) in [5.41, 5.74) is 2.40. The smallest absolute Gasteiger partial charge is 0.243 e. The third kappa shape index (κ3) is 3.68. The first kappa shape index (κ1) is 17.8. The first-order valence-electron chi connectivity index (χ1n) is 8.36. The van der Waals surface area contributed by atoms with E-state index in [2.05, 4.69) is 10.3 Å². The number of nitrogens with zero attached hydrogens (tertiary/aromatic N) is 2. The number of aromatic nitrogens is 1. The van der Waals surface area contributed by atoms with Gasteiger partial charge in [-0.3, -0.25) is 4.98 Å². The van der Waals surface area contributed by atoms with Crippen LogP contribution in [0.1, 0.15) is 37.1 Å². The van der Waals surface area contributed by atoms with Gasteiger partial charge in [0.1, 0.15) is 6.23 Å². The van der Waals surface area contributed by atoms with E-state index in [1.54, 1.807) is 31.4 Å². The normalized spacial score (nSPS) is 19.0. The van der Waals surface area contributed by atoms with Crippen molar-refractivity contribution in [3.8, 4) is 0 Å². The number of aryl methyl sites for hydroxylation is 1. The van der Waals surface area contributed by atoms with Gasteiger partial charge in [0.2, 0.25) is 10.0 Å². The van der Waals surface area contributed by atoms with Crippen LogP contribution in [-0.2, 0) is 16.4 Å². The van der Waals surface area contributed by atoms with Crippen molar-refractivity contribution in [2.75, 3.05) is 12.4 Å². The predicted octanol–water partition coefficient (Wildman–Crippen LogP) is 2.53. The van der Waals surface area contributed by atoms with Crippen LogP contribution in [0.4, 0.5) is 5.69 Å². The van der Waals surface area contributed by atoms with E-state index in [9.17, 15) is 13.5 Å². The quantitative estimate of drug-likeness (QED) is 0.874. The van der Waals surface area contributed by atoms with Crippen molar-refractivity contribution >= 4 is 15.7 Å². The monoisotopic (exact) mass is 361 g/mol. The van der Waals surface area contributed by atoms with Crippen LogP contribution >= 0.6 is 0 Å². The summed E-state index contributed by atoms with van der Waals surface area (Å²) in [6.45, 7) is 1.81. The molecule has 2 heterocycles. The van der Waals surface area contributed by atoms with E-state index in [1.165, 1.54) is 4.31 Å². The Bertz CT molecular complexity index is 840. The van der Waals surface area contributed by atoms with Crippen LogP contribution in [0.2, 0.25) is 0 Å². The fourth-order valence-electron chi connectivity index (χ4n) is 2.99. The van der Waals surface area contributed by atoms with Crippen molar-refractivity contribution in [3.05, 3.63) is 53.9 Å². The Kier molecular flexibility index (Phi) is 5.08. The molecule has 1 aromatic carbocycles. The number of nitrogens with one attached hydrogen (secondary N) is 1. The molecule has 25 heavy (non-hydrogen) atoms. The Balaban J connectivity index is 1.92. The van der Waals surface area contributed by atoms with Gasteiger partial charge in [0.15, 0.2) is 0 Å². The van der Waals surface area contributed by atoms with Crippen LogP contribution in [0.5, 0.6) is 0 Å². The number of aliphatic hydroxyl groups is 1. The second-order valence-electron chi connectivity index (χ2n) is 6.32. The number of benzene rings is 1. The topological polar surface area (TPSA) is 82.5 Å². The van der Waals surface area contributed by atoms with Crippen LogP contribution in [0.25, 0.3) is 0 Å². The second kappa shape index (κ2) is 7.11. The average Bonchev–Trinajstić information content (AvgIpc) is 2.80. The molecule has 0 saturated carbocycles. The van der Waals surface area contributed by atoms with E-state index in [0.29, 0.717) is 17.8 Å². The zero-order chi connectivity index (χ0) is 18.0. The molecule has 0 fully saturated rings. The summed E-state index contributed by atoms with van der Waals surface area (Å²) in [4.78, 5) is 4.45. The van der Waals surface area contributed by atoms with Crippen molar-refractivity contribution in [1.82, 2.24) is 9.29 Å². The highest BCUT2D eigenvalue weighted by Gasteiger charge is 2.28.